The lowest BCUT2D eigenvalue weighted by molar-refractivity contribution is -0.136. The van der Waals surface area contributed by atoms with Gasteiger partial charge in [0.25, 0.3) is 0 Å². The van der Waals surface area contributed by atoms with Crippen LogP contribution in [0, 0.1) is 11.8 Å². The third-order valence-electron chi connectivity index (χ3n) is 5.09. The highest BCUT2D eigenvalue weighted by Gasteiger charge is 2.32. The van der Waals surface area contributed by atoms with Gasteiger partial charge in [-0.25, -0.2) is 0 Å². The van der Waals surface area contributed by atoms with Crippen molar-refractivity contribution in [2.75, 3.05) is 26.7 Å². The third kappa shape index (κ3) is 3.73. The lowest BCUT2D eigenvalue weighted by atomic mass is 9.79. The number of likely N-dealkylation sites (tertiary alicyclic amines) is 1. The van der Waals surface area contributed by atoms with Crippen molar-refractivity contribution in [2.24, 2.45) is 17.6 Å². The molecule has 2 aliphatic rings. The first kappa shape index (κ1) is 15.8. The van der Waals surface area contributed by atoms with Gasteiger partial charge in [-0.2, -0.15) is 0 Å². The Bertz CT molecular complexity index is 324. The molecule has 2 rings (SSSR count). The van der Waals surface area contributed by atoms with Crippen molar-refractivity contribution in [3.63, 3.8) is 0 Å². The molecule has 4 atom stereocenters. The molecule has 4 nitrogen and oxygen atoms in total. The number of hydrogen-bond donors (Lipinski definition) is 1. The quantitative estimate of drug-likeness (QED) is 0.853. The molecule has 116 valence electrons. The molecule has 4 unspecified atom stereocenters. The van der Waals surface area contributed by atoms with Crippen LogP contribution >= 0.6 is 0 Å². The molecule has 0 spiro atoms. The van der Waals surface area contributed by atoms with E-state index >= 15 is 0 Å². The molecule has 0 radical (unpaired) electrons. The maximum atomic E-state index is 12.6. The van der Waals surface area contributed by atoms with Gasteiger partial charge in [-0.1, -0.05) is 13.8 Å². The van der Waals surface area contributed by atoms with E-state index in [0.29, 0.717) is 17.9 Å². The number of carbonyl (C=O) groups excluding carboxylic acids is 1. The Morgan fingerprint density at radius 2 is 2.10 bits per heavy atom. The summed E-state index contributed by atoms with van der Waals surface area (Å²) in [5, 5.41) is 0. The van der Waals surface area contributed by atoms with Crippen LogP contribution in [0.2, 0.25) is 0 Å². The minimum absolute atomic E-state index is 0.148. The average molecular weight is 281 g/mol. The fourth-order valence-corrected chi connectivity index (χ4v) is 4.09. The minimum Gasteiger partial charge on any atom is -0.344 e. The summed E-state index contributed by atoms with van der Waals surface area (Å²) in [5.74, 6) is 1.05. The van der Waals surface area contributed by atoms with Crippen LogP contribution < -0.4 is 5.73 Å². The topological polar surface area (TPSA) is 49.6 Å². The van der Waals surface area contributed by atoms with E-state index < -0.39 is 0 Å². The van der Waals surface area contributed by atoms with Crippen LogP contribution in [-0.2, 0) is 4.79 Å². The molecule has 0 aromatic carbocycles. The molecule has 0 aromatic heterocycles. The van der Waals surface area contributed by atoms with Gasteiger partial charge in [0.2, 0.25) is 5.91 Å². The smallest absolute Gasteiger partial charge is 0.225 e. The van der Waals surface area contributed by atoms with Crippen LogP contribution in [0.25, 0.3) is 0 Å². The predicted octanol–water partition coefficient (Wildman–Crippen LogP) is 1.69. The molecule has 1 heterocycles. The van der Waals surface area contributed by atoms with Gasteiger partial charge in [-0.05, 0) is 51.1 Å². The van der Waals surface area contributed by atoms with Crippen molar-refractivity contribution in [3.05, 3.63) is 0 Å². The molecule has 0 aromatic rings. The maximum absolute atomic E-state index is 12.6. The second kappa shape index (κ2) is 6.90. The lowest BCUT2D eigenvalue weighted by Crippen LogP contribution is -2.45. The molecule has 1 saturated carbocycles. The van der Waals surface area contributed by atoms with E-state index in [4.69, 9.17) is 5.73 Å². The standard InChI is InChI=1S/C16H31N3O/c1-4-19-7-5-6-15(19)11-18(3)16(20)13-8-12(2)9-14(17)10-13/h12-15H,4-11,17H2,1-3H3. The van der Waals surface area contributed by atoms with Gasteiger partial charge >= 0.3 is 0 Å². The number of carbonyl (C=O) groups is 1. The number of nitrogens with zero attached hydrogens (tertiary/aromatic N) is 2. The summed E-state index contributed by atoms with van der Waals surface area (Å²) in [6, 6.07) is 0.767. The second-order valence-electron chi connectivity index (χ2n) is 6.91. The second-order valence-corrected chi connectivity index (χ2v) is 6.91. The van der Waals surface area contributed by atoms with Gasteiger partial charge in [0.1, 0.15) is 0 Å². The van der Waals surface area contributed by atoms with Crippen LogP contribution in [0.1, 0.15) is 46.0 Å². The summed E-state index contributed by atoms with van der Waals surface area (Å²) in [6.45, 7) is 7.59. The number of amides is 1. The minimum atomic E-state index is 0.148. The maximum Gasteiger partial charge on any atom is 0.225 e. The SMILES string of the molecule is CCN1CCCC1CN(C)C(=O)C1CC(C)CC(N)C1. The van der Waals surface area contributed by atoms with E-state index in [1.54, 1.807) is 0 Å². The van der Waals surface area contributed by atoms with Gasteiger partial charge < -0.3 is 10.6 Å². The molecule has 20 heavy (non-hydrogen) atoms. The van der Waals surface area contributed by atoms with Crippen molar-refractivity contribution >= 4 is 5.91 Å². The monoisotopic (exact) mass is 281 g/mol. The van der Waals surface area contributed by atoms with E-state index in [1.165, 1.54) is 19.4 Å². The van der Waals surface area contributed by atoms with Crippen molar-refractivity contribution in [1.29, 1.82) is 0 Å². The van der Waals surface area contributed by atoms with Gasteiger partial charge in [-0.15, -0.1) is 0 Å². The Labute approximate surface area is 123 Å². The summed E-state index contributed by atoms with van der Waals surface area (Å²) < 4.78 is 0. The number of likely N-dealkylation sites (N-methyl/N-ethyl adjacent to an activating group) is 2. The number of hydrogen-bond acceptors (Lipinski definition) is 3. The number of rotatable bonds is 4. The van der Waals surface area contributed by atoms with E-state index in [9.17, 15) is 4.79 Å². The summed E-state index contributed by atoms with van der Waals surface area (Å²) >= 11 is 0. The summed E-state index contributed by atoms with van der Waals surface area (Å²) in [4.78, 5) is 17.1. The highest BCUT2D eigenvalue weighted by Crippen LogP contribution is 2.29. The number of nitrogens with two attached hydrogens (primary N) is 1. The predicted molar refractivity (Wildman–Crippen MR) is 82.4 cm³/mol. The first-order chi connectivity index (χ1) is 9.51. The molecule has 1 amide bonds. The normalized spacial score (nSPS) is 35.2. The molecule has 2 fully saturated rings. The average Bonchev–Trinajstić information content (AvgIpc) is 2.83. The van der Waals surface area contributed by atoms with Crippen LogP contribution in [0.5, 0.6) is 0 Å². The Morgan fingerprint density at radius 1 is 1.35 bits per heavy atom. The largest absolute Gasteiger partial charge is 0.344 e. The van der Waals surface area contributed by atoms with Crippen LogP contribution in [0.3, 0.4) is 0 Å². The highest BCUT2D eigenvalue weighted by atomic mass is 16.2. The van der Waals surface area contributed by atoms with E-state index in [2.05, 4.69) is 18.7 Å². The molecule has 2 N–H and O–H groups in total. The fraction of sp³-hybridized carbons (Fsp3) is 0.938. The molecule has 1 aliphatic carbocycles. The van der Waals surface area contributed by atoms with Crippen LogP contribution in [-0.4, -0.2) is 54.5 Å². The van der Waals surface area contributed by atoms with E-state index in [0.717, 1.165) is 32.4 Å². The molecular formula is C16H31N3O. The zero-order valence-electron chi connectivity index (χ0n) is 13.3. The molecule has 1 saturated heterocycles. The first-order valence-electron chi connectivity index (χ1n) is 8.25. The van der Waals surface area contributed by atoms with Crippen LogP contribution in [0.15, 0.2) is 0 Å². The van der Waals surface area contributed by atoms with Gasteiger partial charge in [0, 0.05) is 31.6 Å². The van der Waals surface area contributed by atoms with Gasteiger partial charge in [0.15, 0.2) is 0 Å². The van der Waals surface area contributed by atoms with Crippen molar-refractivity contribution in [1.82, 2.24) is 9.80 Å². The Balaban J connectivity index is 1.88. The van der Waals surface area contributed by atoms with Crippen molar-refractivity contribution in [3.8, 4) is 0 Å². The lowest BCUT2D eigenvalue weighted by Gasteiger charge is -2.34. The van der Waals surface area contributed by atoms with Crippen molar-refractivity contribution < 1.29 is 4.79 Å². The molecule has 1 aliphatic heterocycles. The fourth-order valence-electron chi connectivity index (χ4n) is 4.09. The summed E-state index contributed by atoms with van der Waals surface area (Å²) in [6.07, 6.45) is 5.45. The Hall–Kier alpha value is -0.610. The van der Waals surface area contributed by atoms with Gasteiger partial charge in [-0.3, -0.25) is 9.69 Å². The first-order valence-corrected chi connectivity index (χ1v) is 8.25. The van der Waals surface area contributed by atoms with Gasteiger partial charge in [0.05, 0.1) is 0 Å². The molecular weight excluding hydrogens is 250 g/mol. The van der Waals surface area contributed by atoms with Crippen molar-refractivity contribution in [2.45, 2.75) is 58.0 Å². The highest BCUT2D eigenvalue weighted by molar-refractivity contribution is 5.78. The van der Waals surface area contributed by atoms with E-state index in [1.807, 2.05) is 11.9 Å². The Kier molecular flexibility index (Phi) is 5.44. The molecule has 4 heteroatoms. The zero-order valence-corrected chi connectivity index (χ0v) is 13.3. The summed E-state index contributed by atoms with van der Waals surface area (Å²) in [5.41, 5.74) is 6.08. The van der Waals surface area contributed by atoms with Crippen LogP contribution in [0.4, 0.5) is 0 Å². The Morgan fingerprint density at radius 3 is 2.75 bits per heavy atom. The molecule has 0 bridgehead atoms. The van der Waals surface area contributed by atoms with E-state index in [-0.39, 0.29) is 12.0 Å². The third-order valence-corrected chi connectivity index (χ3v) is 5.09. The summed E-state index contributed by atoms with van der Waals surface area (Å²) in [7, 11) is 1.97. The zero-order chi connectivity index (χ0) is 14.7.